The van der Waals surface area contributed by atoms with Gasteiger partial charge in [0.15, 0.2) is 5.84 Å². The zero-order chi connectivity index (χ0) is 13.1. The van der Waals surface area contributed by atoms with Gasteiger partial charge in [-0.3, -0.25) is 0 Å². The molecule has 1 aliphatic carbocycles. The molecule has 0 saturated heterocycles. The van der Waals surface area contributed by atoms with Crippen molar-refractivity contribution in [3.63, 3.8) is 0 Å². The molecule has 0 atom stereocenters. The Bertz CT molecular complexity index is 461. The van der Waals surface area contributed by atoms with E-state index in [-0.39, 0.29) is 12.4 Å². The highest BCUT2D eigenvalue weighted by Crippen LogP contribution is 2.33. The Hall–Kier alpha value is -1.82. The van der Waals surface area contributed by atoms with Crippen LogP contribution in [0.15, 0.2) is 23.4 Å². The van der Waals surface area contributed by atoms with Gasteiger partial charge in [0.1, 0.15) is 5.82 Å². The molecular weight excluding hydrogens is 237 g/mol. The summed E-state index contributed by atoms with van der Waals surface area (Å²) in [5, 5.41) is 20.8. The van der Waals surface area contributed by atoms with Gasteiger partial charge in [0.2, 0.25) is 0 Å². The number of rotatable bonds is 5. The van der Waals surface area contributed by atoms with Crippen molar-refractivity contribution < 1.29 is 14.7 Å². The maximum absolute atomic E-state index is 13.2. The van der Waals surface area contributed by atoms with Crippen molar-refractivity contribution in [2.24, 2.45) is 10.9 Å². The first-order valence-corrected chi connectivity index (χ1v) is 5.82. The van der Waals surface area contributed by atoms with Crippen LogP contribution in [0.2, 0.25) is 0 Å². The Balaban J connectivity index is 2.41. The van der Waals surface area contributed by atoms with Crippen molar-refractivity contribution in [3.05, 3.63) is 29.6 Å². The van der Waals surface area contributed by atoms with Crippen LogP contribution < -0.4 is 10.6 Å². The molecule has 4 N–H and O–H groups in total. The van der Waals surface area contributed by atoms with E-state index in [2.05, 4.69) is 5.16 Å². The standard InChI is InChI=1S/C12H16FN3O2/c13-8-1-4-11(10(7-8)12(14)15-18)16(5-6-17)9-2-3-9/h1,4,7,9,17-18H,2-3,5-6H2,(H2,14,15). The third-order valence-corrected chi connectivity index (χ3v) is 2.98. The van der Waals surface area contributed by atoms with Crippen LogP contribution in [0.5, 0.6) is 0 Å². The Morgan fingerprint density at radius 2 is 2.22 bits per heavy atom. The SMILES string of the molecule is N/C(=N/O)c1cc(F)ccc1N(CCO)C1CC1. The Morgan fingerprint density at radius 3 is 2.78 bits per heavy atom. The highest BCUT2D eigenvalue weighted by atomic mass is 19.1. The minimum atomic E-state index is -0.444. The molecule has 1 saturated carbocycles. The fraction of sp³-hybridized carbons (Fsp3) is 0.417. The Kier molecular flexibility index (Phi) is 3.66. The number of oxime groups is 1. The predicted octanol–water partition coefficient (Wildman–Crippen LogP) is 0.881. The van der Waals surface area contributed by atoms with Crippen LogP contribution in [0.1, 0.15) is 18.4 Å². The molecule has 0 unspecified atom stereocenters. The van der Waals surface area contributed by atoms with E-state index >= 15 is 0 Å². The van der Waals surface area contributed by atoms with Crippen LogP contribution in [0.25, 0.3) is 0 Å². The van der Waals surface area contributed by atoms with Gasteiger partial charge in [-0.25, -0.2) is 4.39 Å². The van der Waals surface area contributed by atoms with Crippen molar-refractivity contribution in [1.29, 1.82) is 0 Å². The molecule has 5 nitrogen and oxygen atoms in total. The molecule has 98 valence electrons. The molecule has 1 aliphatic rings. The van der Waals surface area contributed by atoms with Crippen molar-refractivity contribution in [2.45, 2.75) is 18.9 Å². The fourth-order valence-corrected chi connectivity index (χ4v) is 2.01. The largest absolute Gasteiger partial charge is 0.409 e. The quantitative estimate of drug-likeness (QED) is 0.315. The molecular formula is C12H16FN3O2. The summed E-state index contributed by atoms with van der Waals surface area (Å²) in [6.45, 7) is 0.450. The first kappa shape index (κ1) is 12.6. The van der Waals surface area contributed by atoms with Crippen molar-refractivity contribution in [1.82, 2.24) is 0 Å². The highest BCUT2D eigenvalue weighted by molar-refractivity contribution is 6.02. The summed E-state index contributed by atoms with van der Waals surface area (Å²) in [6, 6.07) is 4.50. The summed E-state index contributed by atoms with van der Waals surface area (Å²) in [5.41, 5.74) is 6.59. The fourth-order valence-electron chi connectivity index (χ4n) is 2.01. The molecule has 0 radical (unpaired) electrons. The lowest BCUT2D eigenvalue weighted by atomic mass is 10.1. The molecule has 0 aliphatic heterocycles. The van der Waals surface area contributed by atoms with Gasteiger partial charge in [-0.1, -0.05) is 5.16 Å². The lowest BCUT2D eigenvalue weighted by Crippen LogP contribution is -2.31. The summed E-state index contributed by atoms with van der Waals surface area (Å²) in [7, 11) is 0. The van der Waals surface area contributed by atoms with E-state index in [4.69, 9.17) is 16.0 Å². The van der Waals surface area contributed by atoms with Crippen LogP contribution in [-0.4, -0.2) is 35.3 Å². The molecule has 0 amide bonds. The number of hydrogen-bond donors (Lipinski definition) is 3. The molecule has 1 fully saturated rings. The first-order chi connectivity index (χ1) is 8.67. The number of nitrogens with two attached hydrogens (primary N) is 1. The lowest BCUT2D eigenvalue weighted by Gasteiger charge is -2.26. The second kappa shape index (κ2) is 5.22. The summed E-state index contributed by atoms with van der Waals surface area (Å²) >= 11 is 0. The molecule has 18 heavy (non-hydrogen) atoms. The average Bonchev–Trinajstić information content (AvgIpc) is 3.19. The van der Waals surface area contributed by atoms with Gasteiger partial charge in [-0.05, 0) is 31.0 Å². The van der Waals surface area contributed by atoms with Crippen LogP contribution in [0, 0.1) is 5.82 Å². The minimum absolute atomic E-state index is 0.00346. The number of amidine groups is 1. The number of benzene rings is 1. The molecule has 1 aromatic rings. The maximum atomic E-state index is 13.2. The monoisotopic (exact) mass is 253 g/mol. The number of nitrogens with zero attached hydrogens (tertiary/aromatic N) is 2. The van der Waals surface area contributed by atoms with Gasteiger partial charge < -0.3 is 20.9 Å². The molecule has 1 aromatic carbocycles. The van der Waals surface area contributed by atoms with Crippen molar-refractivity contribution in [3.8, 4) is 0 Å². The molecule has 0 bridgehead atoms. The second-order valence-electron chi connectivity index (χ2n) is 4.29. The zero-order valence-electron chi connectivity index (χ0n) is 9.88. The predicted molar refractivity (Wildman–Crippen MR) is 66.4 cm³/mol. The van der Waals surface area contributed by atoms with Gasteiger partial charge >= 0.3 is 0 Å². The number of hydrogen-bond acceptors (Lipinski definition) is 4. The lowest BCUT2D eigenvalue weighted by molar-refractivity contribution is 0.301. The number of aliphatic hydroxyl groups is 1. The van der Waals surface area contributed by atoms with E-state index in [0.717, 1.165) is 12.8 Å². The van der Waals surface area contributed by atoms with E-state index in [1.54, 1.807) is 6.07 Å². The third kappa shape index (κ3) is 2.53. The topological polar surface area (TPSA) is 82.1 Å². The van der Waals surface area contributed by atoms with Crippen molar-refractivity contribution >= 4 is 11.5 Å². The van der Waals surface area contributed by atoms with Crippen LogP contribution in [0.3, 0.4) is 0 Å². The van der Waals surface area contributed by atoms with Gasteiger partial charge in [0.05, 0.1) is 6.61 Å². The summed E-state index contributed by atoms with van der Waals surface area (Å²) < 4.78 is 13.2. The average molecular weight is 253 g/mol. The van der Waals surface area contributed by atoms with E-state index in [0.29, 0.717) is 23.8 Å². The normalized spacial score (nSPS) is 15.8. The van der Waals surface area contributed by atoms with Gasteiger partial charge in [0.25, 0.3) is 0 Å². The van der Waals surface area contributed by atoms with Gasteiger partial charge in [-0.2, -0.15) is 0 Å². The van der Waals surface area contributed by atoms with E-state index < -0.39 is 5.82 Å². The van der Waals surface area contributed by atoms with Crippen molar-refractivity contribution in [2.75, 3.05) is 18.1 Å². The van der Waals surface area contributed by atoms with E-state index in [9.17, 15) is 4.39 Å². The zero-order valence-corrected chi connectivity index (χ0v) is 9.88. The van der Waals surface area contributed by atoms with Gasteiger partial charge in [-0.15, -0.1) is 0 Å². The highest BCUT2D eigenvalue weighted by Gasteiger charge is 2.30. The third-order valence-electron chi connectivity index (χ3n) is 2.98. The summed E-state index contributed by atoms with van der Waals surface area (Å²) in [4.78, 5) is 1.97. The number of anilines is 1. The van der Waals surface area contributed by atoms with Crippen LogP contribution in [-0.2, 0) is 0 Å². The Labute approximate surface area is 104 Å². The summed E-state index contributed by atoms with van der Waals surface area (Å²) in [5.74, 6) is -0.576. The Morgan fingerprint density at radius 1 is 1.50 bits per heavy atom. The van der Waals surface area contributed by atoms with E-state index in [1.807, 2.05) is 4.90 Å². The molecule has 0 spiro atoms. The summed E-state index contributed by atoms with van der Waals surface area (Å²) in [6.07, 6.45) is 2.07. The smallest absolute Gasteiger partial charge is 0.172 e. The number of halogens is 1. The molecule has 6 heteroatoms. The van der Waals surface area contributed by atoms with Crippen LogP contribution >= 0.6 is 0 Å². The maximum Gasteiger partial charge on any atom is 0.172 e. The van der Waals surface area contributed by atoms with Crippen LogP contribution in [0.4, 0.5) is 10.1 Å². The number of aliphatic hydroxyl groups excluding tert-OH is 1. The van der Waals surface area contributed by atoms with Gasteiger partial charge in [0, 0.05) is 23.8 Å². The molecule has 0 heterocycles. The molecule has 0 aromatic heterocycles. The molecule has 2 rings (SSSR count). The minimum Gasteiger partial charge on any atom is -0.409 e. The van der Waals surface area contributed by atoms with E-state index in [1.165, 1.54) is 12.1 Å². The first-order valence-electron chi connectivity index (χ1n) is 5.82. The second-order valence-corrected chi connectivity index (χ2v) is 4.29.